The highest BCUT2D eigenvalue weighted by molar-refractivity contribution is 6.31. The average Bonchev–Trinajstić information content (AvgIpc) is 3.63. The molecule has 4 N–H and O–H groups in total. The lowest BCUT2D eigenvalue weighted by molar-refractivity contribution is -0.127. The Labute approximate surface area is 193 Å². The van der Waals surface area contributed by atoms with E-state index in [1.807, 2.05) is 36.4 Å². The van der Waals surface area contributed by atoms with Crippen LogP contribution in [0.15, 0.2) is 42.5 Å². The quantitative estimate of drug-likeness (QED) is 0.428. The van der Waals surface area contributed by atoms with E-state index in [2.05, 4.69) is 0 Å². The number of aliphatic hydroxyl groups excluding tert-OH is 4. The molecular weight excluding hydrogens is 432 g/mol. The summed E-state index contributed by atoms with van der Waals surface area (Å²) in [7, 11) is 0. The molecule has 2 saturated carbocycles. The van der Waals surface area contributed by atoms with Gasteiger partial charge in [-0.1, -0.05) is 35.9 Å². The van der Waals surface area contributed by atoms with Crippen molar-refractivity contribution in [3.8, 4) is 5.75 Å². The standard InChI is InChI=1S/C25H31ClO6/c26-22-8-3-16(21-13-18(14-27)23(28)25(30)24(21)29)12-17(22)11-15-1-4-19(5-2-15)31-9-10-32-20-6-7-20/h1-5,8,12,18,20-21,23-25,27-30H,6-7,9-11,13-14H2/t18-,21+,23-,24+,25+/m1/s1. The third kappa shape index (κ3) is 5.63. The van der Waals surface area contributed by atoms with Crippen LogP contribution in [0.2, 0.25) is 5.02 Å². The fraction of sp³-hybridized carbons (Fsp3) is 0.520. The van der Waals surface area contributed by atoms with Gasteiger partial charge < -0.3 is 29.9 Å². The molecule has 174 valence electrons. The van der Waals surface area contributed by atoms with Gasteiger partial charge in [-0.05, 0) is 60.6 Å². The van der Waals surface area contributed by atoms with Crippen LogP contribution in [0.3, 0.4) is 0 Å². The molecule has 0 heterocycles. The normalized spacial score (nSPS) is 28.0. The Morgan fingerprint density at radius 3 is 2.34 bits per heavy atom. The number of halogens is 1. The fourth-order valence-electron chi connectivity index (χ4n) is 4.33. The second-order valence-corrected chi connectivity index (χ2v) is 9.25. The molecule has 0 aromatic heterocycles. The molecule has 0 aliphatic heterocycles. The van der Waals surface area contributed by atoms with Gasteiger partial charge >= 0.3 is 0 Å². The van der Waals surface area contributed by atoms with E-state index in [0.717, 1.165) is 35.3 Å². The number of ether oxygens (including phenoxy) is 2. The summed E-state index contributed by atoms with van der Waals surface area (Å²) < 4.78 is 11.3. The first kappa shape index (κ1) is 23.5. The molecule has 2 aromatic carbocycles. The third-order valence-electron chi connectivity index (χ3n) is 6.43. The maximum Gasteiger partial charge on any atom is 0.119 e. The Morgan fingerprint density at radius 1 is 0.906 bits per heavy atom. The minimum atomic E-state index is -1.30. The highest BCUT2D eigenvalue weighted by Crippen LogP contribution is 2.38. The van der Waals surface area contributed by atoms with Gasteiger partial charge in [0, 0.05) is 23.5 Å². The van der Waals surface area contributed by atoms with Crippen LogP contribution in [-0.2, 0) is 11.2 Å². The summed E-state index contributed by atoms with van der Waals surface area (Å²) in [4.78, 5) is 0. The first-order valence-electron chi connectivity index (χ1n) is 11.2. The molecule has 0 unspecified atom stereocenters. The van der Waals surface area contributed by atoms with E-state index < -0.39 is 30.1 Å². The summed E-state index contributed by atoms with van der Waals surface area (Å²) in [6.45, 7) is 0.885. The smallest absolute Gasteiger partial charge is 0.119 e. The van der Waals surface area contributed by atoms with Gasteiger partial charge in [0.05, 0.1) is 24.9 Å². The van der Waals surface area contributed by atoms with Crippen LogP contribution in [0.25, 0.3) is 0 Å². The van der Waals surface area contributed by atoms with Gasteiger partial charge in [0.15, 0.2) is 0 Å². The van der Waals surface area contributed by atoms with Crippen LogP contribution in [0.1, 0.15) is 41.9 Å². The maximum absolute atomic E-state index is 10.5. The van der Waals surface area contributed by atoms with E-state index in [4.69, 9.17) is 21.1 Å². The summed E-state index contributed by atoms with van der Waals surface area (Å²) in [5.74, 6) is -0.0872. The van der Waals surface area contributed by atoms with E-state index in [1.54, 1.807) is 6.07 Å². The Balaban J connectivity index is 1.41. The van der Waals surface area contributed by atoms with Crippen molar-refractivity contribution in [3.63, 3.8) is 0 Å². The number of rotatable bonds is 9. The Morgan fingerprint density at radius 2 is 1.66 bits per heavy atom. The molecule has 2 aliphatic carbocycles. The van der Waals surface area contributed by atoms with Crippen LogP contribution < -0.4 is 4.74 Å². The van der Waals surface area contributed by atoms with Crippen molar-refractivity contribution in [3.05, 3.63) is 64.2 Å². The molecule has 4 rings (SSSR count). The third-order valence-corrected chi connectivity index (χ3v) is 6.80. The summed E-state index contributed by atoms with van der Waals surface area (Å²) in [5, 5.41) is 41.0. The maximum atomic E-state index is 10.5. The lowest BCUT2D eigenvalue weighted by atomic mass is 9.73. The average molecular weight is 463 g/mol. The van der Waals surface area contributed by atoms with Gasteiger partial charge in [-0.2, -0.15) is 0 Å². The molecule has 6 nitrogen and oxygen atoms in total. The van der Waals surface area contributed by atoms with Crippen molar-refractivity contribution < 1.29 is 29.9 Å². The lowest BCUT2D eigenvalue weighted by Crippen LogP contribution is -2.51. The second kappa shape index (κ2) is 10.5. The van der Waals surface area contributed by atoms with Crippen molar-refractivity contribution >= 4 is 11.6 Å². The molecule has 32 heavy (non-hydrogen) atoms. The van der Waals surface area contributed by atoms with Gasteiger partial charge in [0.1, 0.15) is 18.5 Å². The van der Waals surface area contributed by atoms with Crippen LogP contribution >= 0.6 is 11.6 Å². The SMILES string of the molecule is OC[C@H]1C[C@@H](c2ccc(Cl)c(Cc3ccc(OCCOC4CC4)cc3)c2)[C@H](O)[C@@H](O)[C@@H]1O. The number of aliphatic hydroxyl groups is 4. The van der Waals surface area contributed by atoms with Gasteiger partial charge in [0.2, 0.25) is 0 Å². The van der Waals surface area contributed by atoms with Crippen molar-refractivity contribution in [1.82, 2.24) is 0 Å². The topological polar surface area (TPSA) is 99.4 Å². The predicted octanol–water partition coefficient (Wildman–Crippen LogP) is 2.67. The molecule has 2 aliphatic rings. The van der Waals surface area contributed by atoms with E-state index in [-0.39, 0.29) is 6.61 Å². The Hall–Kier alpha value is -1.67. The highest BCUT2D eigenvalue weighted by Gasteiger charge is 2.42. The minimum Gasteiger partial charge on any atom is -0.491 e. The van der Waals surface area contributed by atoms with E-state index in [0.29, 0.717) is 37.2 Å². The summed E-state index contributed by atoms with van der Waals surface area (Å²) in [6.07, 6.45) is 0.182. The van der Waals surface area contributed by atoms with Gasteiger partial charge in [0.25, 0.3) is 0 Å². The highest BCUT2D eigenvalue weighted by atomic mass is 35.5. The second-order valence-electron chi connectivity index (χ2n) is 8.85. The number of hydrogen-bond acceptors (Lipinski definition) is 6. The molecule has 5 atom stereocenters. The van der Waals surface area contributed by atoms with Gasteiger partial charge in [-0.3, -0.25) is 0 Å². The zero-order chi connectivity index (χ0) is 22.7. The molecular formula is C25H31ClO6. The van der Waals surface area contributed by atoms with E-state index in [1.165, 1.54) is 0 Å². The molecule has 0 bridgehead atoms. The molecule has 0 spiro atoms. The molecule has 0 saturated heterocycles. The fourth-order valence-corrected chi connectivity index (χ4v) is 4.52. The number of benzene rings is 2. The summed E-state index contributed by atoms with van der Waals surface area (Å²) in [6, 6.07) is 13.4. The number of hydrogen-bond donors (Lipinski definition) is 4. The van der Waals surface area contributed by atoms with Gasteiger partial charge in [-0.15, -0.1) is 0 Å². The molecule has 2 fully saturated rings. The predicted molar refractivity (Wildman–Crippen MR) is 121 cm³/mol. The van der Waals surface area contributed by atoms with Crippen molar-refractivity contribution in [2.75, 3.05) is 19.8 Å². The largest absolute Gasteiger partial charge is 0.491 e. The Bertz CT molecular complexity index is 883. The van der Waals surface area contributed by atoms with Crippen LogP contribution in [-0.4, -0.2) is 64.7 Å². The molecule has 7 heteroatoms. The van der Waals surface area contributed by atoms with Crippen LogP contribution in [0, 0.1) is 5.92 Å². The van der Waals surface area contributed by atoms with E-state index >= 15 is 0 Å². The van der Waals surface area contributed by atoms with Crippen LogP contribution in [0.4, 0.5) is 0 Å². The molecule has 0 amide bonds. The molecule has 2 aromatic rings. The zero-order valence-electron chi connectivity index (χ0n) is 17.9. The summed E-state index contributed by atoms with van der Waals surface area (Å²) >= 11 is 6.45. The zero-order valence-corrected chi connectivity index (χ0v) is 18.7. The van der Waals surface area contributed by atoms with Crippen molar-refractivity contribution in [1.29, 1.82) is 0 Å². The molecule has 0 radical (unpaired) electrons. The first-order chi connectivity index (χ1) is 15.5. The van der Waals surface area contributed by atoms with Crippen molar-refractivity contribution in [2.24, 2.45) is 5.92 Å². The Kier molecular flexibility index (Phi) is 7.71. The monoisotopic (exact) mass is 462 g/mol. The van der Waals surface area contributed by atoms with Crippen LogP contribution in [0.5, 0.6) is 5.75 Å². The van der Waals surface area contributed by atoms with E-state index in [9.17, 15) is 20.4 Å². The van der Waals surface area contributed by atoms with Crippen molar-refractivity contribution in [2.45, 2.75) is 56.0 Å². The minimum absolute atomic E-state index is 0.247. The lowest BCUT2D eigenvalue weighted by Gasteiger charge is -2.40. The first-order valence-corrected chi connectivity index (χ1v) is 11.6. The summed E-state index contributed by atoms with van der Waals surface area (Å²) in [5.41, 5.74) is 2.81. The van der Waals surface area contributed by atoms with Gasteiger partial charge in [-0.25, -0.2) is 0 Å².